The number of pyridine rings is 1. The van der Waals surface area contributed by atoms with E-state index in [2.05, 4.69) is 29.7 Å². The minimum absolute atomic E-state index is 0.191. The lowest BCUT2D eigenvalue weighted by Gasteiger charge is -2.36. The van der Waals surface area contributed by atoms with Crippen molar-refractivity contribution in [3.63, 3.8) is 0 Å². The second-order valence-corrected chi connectivity index (χ2v) is 9.27. The Morgan fingerprint density at radius 1 is 0.889 bits per heavy atom. The van der Waals surface area contributed by atoms with Gasteiger partial charge in [-0.15, -0.1) is 5.10 Å². The number of carbonyl (C=O) groups is 2. The summed E-state index contributed by atoms with van der Waals surface area (Å²) in [4.78, 5) is 38.3. The summed E-state index contributed by atoms with van der Waals surface area (Å²) >= 11 is 1.02. The quantitative estimate of drug-likeness (QED) is 0.559. The molecule has 1 aromatic carbocycles. The Balaban J connectivity index is 1.14. The molecule has 188 valence electrons. The number of amides is 3. The lowest BCUT2D eigenvalue weighted by atomic mass is 10.2. The number of hydrogen-bond acceptors (Lipinski definition) is 9. The molecule has 5 rings (SSSR count). The fraction of sp³-hybridized carbons (Fsp3) is 0.375. The fourth-order valence-electron chi connectivity index (χ4n) is 4.38. The van der Waals surface area contributed by atoms with Crippen LogP contribution in [0.2, 0.25) is 0 Å². The smallest absolute Gasteiger partial charge is 0.322 e. The maximum Gasteiger partial charge on any atom is 0.322 e. The second kappa shape index (κ2) is 10.8. The van der Waals surface area contributed by atoms with E-state index in [0.717, 1.165) is 28.8 Å². The number of anilines is 3. The molecule has 0 saturated carbocycles. The van der Waals surface area contributed by atoms with Crippen LogP contribution in [-0.4, -0.2) is 95.8 Å². The number of methoxy groups -OCH3 is 1. The zero-order chi connectivity index (χ0) is 24.9. The monoisotopic (exact) mass is 508 g/mol. The normalized spacial score (nSPS) is 16.1. The number of piperazine rings is 2. The van der Waals surface area contributed by atoms with Crippen molar-refractivity contribution >= 4 is 40.0 Å². The number of hydrogen-bond donors (Lipinski definition) is 1. The third-order valence-corrected chi connectivity index (χ3v) is 7.10. The van der Waals surface area contributed by atoms with Crippen molar-refractivity contribution in [2.24, 2.45) is 0 Å². The molecule has 0 aliphatic carbocycles. The zero-order valence-corrected chi connectivity index (χ0v) is 20.9. The zero-order valence-electron chi connectivity index (χ0n) is 20.0. The highest BCUT2D eigenvalue weighted by Gasteiger charge is 2.29. The van der Waals surface area contributed by atoms with Crippen molar-refractivity contribution in [3.8, 4) is 5.75 Å². The van der Waals surface area contributed by atoms with Crippen LogP contribution >= 0.6 is 11.5 Å². The lowest BCUT2D eigenvalue weighted by molar-refractivity contribution is 0.0741. The Kier molecular flexibility index (Phi) is 7.12. The van der Waals surface area contributed by atoms with Crippen LogP contribution in [0.5, 0.6) is 5.75 Å². The van der Waals surface area contributed by atoms with Gasteiger partial charge in [0, 0.05) is 75.8 Å². The molecule has 3 aromatic rings. The van der Waals surface area contributed by atoms with Gasteiger partial charge in [0.2, 0.25) is 0 Å². The number of benzene rings is 1. The summed E-state index contributed by atoms with van der Waals surface area (Å²) in [7, 11) is 1.65. The van der Waals surface area contributed by atoms with Crippen LogP contribution in [-0.2, 0) is 0 Å². The average Bonchev–Trinajstić information content (AvgIpc) is 3.41. The predicted molar refractivity (Wildman–Crippen MR) is 138 cm³/mol. The van der Waals surface area contributed by atoms with Gasteiger partial charge in [0.25, 0.3) is 5.91 Å². The Labute approximate surface area is 213 Å². The molecule has 1 N–H and O–H groups in total. The van der Waals surface area contributed by atoms with Crippen molar-refractivity contribution in [3.05, 3.63) is 54.4 Å². The van der Waals surface area contributed by atoms with Gasteiger partial charge in [0.1, 0.15) is 11.6 Å². The first-order valence-electron chi connectivity index (χ1n) is 11.8. The van der Waals surface area contributed by atoms with Gasteiger partial charge < -0.3 is 24.3 Å². The topological polar surface area (TPSA) is 107 Å². The van der Waals surface area contributed by atoms with Crippen LogP contribution in [0, 0.1) is 0 Å². The highest BCUT2D eigenvalue weighted by atomic mass is 32.1. The maximum atomic E-state index is 13.1. The minimum Gasteiger partial charge on any atom is -0.497 e. The molecular weight excluding hydrogens is 480 g/mol. The van der Waals surface area contributed by atoms with Crippen LogP contribution < -0.4 is 19.9 Å². The standard InChI is InChI=1S/C24H28N8O3S/c1-35-19-7-5-18(6-8-19)29-10-16-32(17-11-29)24(34)26-22-21(27-28-36-22)23(33)31-14-12-30(13-15-31)20-4-2-3-9-25-20/h2-9H,10-17H2,1H3,(H,26,34). The second-order valence-electron chi connectivity index (χ2n) is 8.52. The number of urea groups is 1. The van der Waals surface area contributed by atoms with Crippen molar-refractivity contribution in [1.29, 1.82) is 0 Å². The highest BCUT2D eigenvalue weighted by Crippen LogP contribution is 2.23. The van der Waals surface area contributed by atoms with E-state index in [0.29, 0.717) is 57.4 Å². The molecule has 0 atom stereocenters. The molecular formula is C24H28N8O3S. The van der Waals surface area contributed by atoms with Gasteiger partial charge in [0.05, 0.1) is 7.11 Å². The number of rotatable bonds is 5. The minimum atomic E-state index is -0.246. The molecule has 12 heteroatoms. The molecule has 2 aromatic heterocycles. The third-order valence-electron chi connectivity index (χ3n) is 6.46. The largest absolute Gasteiger partial charge is 0.497 e. The van der Waals surface area contributed by atoms with Crippen LogP contribution in [0.4, 0.5) is 21.3 Å². The van der Waals surface area contributed by atoms with Crippen LogP contribution in [0.15, 0.2) is 48.7 Å². The van der Waals surface area contributed by atoms with Gasteiger partial charge in [-0.3, -0.25) is 10.1 Å². The maximum absolute atomic E-state index is 13.1. The molecule has 11 nitrogen and oxygen atoms in total. The van der Waals surface area contributed by atoms with Crippen molar-refractivity contribution < 1.29 is 14.3 Å². The molecule has 0 bridgehead atoms. The Morgan fingerprint density at radius 2 is 1.58 bits per heavy atom. The van der Waals surface area contributed by atoms with Crippen LogP contribution in [0.3, 0.4) is 0 Å². The molecule has 3 amide bonds. The van der Waals surface area contributed by atoms with Gasteiger partial charge in [-0.25, -0.2) is 9.78 Å². The molecule has 0 radical (unpaired) electrons. The van der Waals surface area contributed by atoms with Crippen molar-refractivity contribution in [2.45, 2.75) is 0 Å². The first-order chi connectivity index (χ1) is 17.6. The summed E-state index contributed by atoms with van der Waals surface area (Å²) in [6.45, 7) is 5.04. The lowest BCUT2D eigenvalue weighted by Crippen LogP contribution is -2.50. The molecule has 0 unspecified atom stereocenters. The van der Waals surface area contributed by atoms with E-state index in [-0.39, 0.29) is 17.6 Å². The number of nitrogens with zero attached hydrogens (tertiary/aromatic N) is 7. The molecule has 2 aliphatic rings. The molecule has 2 saturated heterocycles. The predicted octanol–water partition coefficient (Wildman–Crippen LogP) is 2.26. The molecule has 0 spiro atoms. The Bertz CT molecular complexity index is 1170. The van der Waals surface area contributed by atoms with Gasteiger partial charge in [0.15, 0.2) is 10.7 Å². The Hall–Kier alpha value is -3.93. The van der Waals surface area contributed by atoms with E-state index >= 15 is 0 Å². The SMILES string of the molecule is COc1ccc(N2CCN(C(=O)Nc3snnc3C(=O)N3CCN(c4ccccn4)CC3)CC2)cc1. The first kappa shape index (κ1) is 23.8. The van der Waals surface area contributed by atoms with E-state index in [1.54, 1.807) is 23.1 Å². The van der Waals surface area contributed by atoms with Gasteiger partial charge in [-0.2, -0.15) is 0 Å². The van der Waals surface area contributed by atoms with E-state index in [1.165, 1.54) is 0 Å². The summed E-state index contributed by atoms with van der Waals surface area (Å²) in [6, 6.07) is 13.5. The van der Waals surface area contributed by atoms with Crippen molar-refractivity contribution in [1.82, 2.24) is 24.4 Å². The summed E-state index contributed by atoms with van der Waals surface area (Å²) in [5.41, 5.74) is 1.29. The fourth-order valence-corrected chi connectivity index (χ4v) is 4.93. The highest BCUT2D eigenvalue weighted by molar-refractivity contribution is 7.10. The van der Waals surface area contributed by atoms with Crippen LogP contribution in [0.1, 0.15) is 10.5 Å². The molecule has 36 heavy (non-hydrogen) atoms. The van der Waals surface area contributed by atoms with Gasteiger partial charge >= 0.3 is 6.03 Å². The van der Waals surface area contributed by atoms with E-state index in [9.17, 15) is 9.59 Å². The summed E-state index contributed by atoms with van der Waals surface area (Å²) < 4.78 is 9.16. The van der Waals surface area contributed by atoms with Gasteiger partial charge in [-0.1, -0.05) is 10.6 Å². The Morgan fingerprint density at radius 3 is 2.25 bits per heavy atom. The van der Waals surface area contributed by atoms with E-state index in [1.807, 2.05) is 42.5 Å². The van der Waals surface area contributed by atoms with Crippen LogP contribution in [0.25, 0.3) is 0 Å². The summed E-state index contributed by atoms with van der Waals surface area (Å²) in [5.74, 6) is 1.50. The number of carbonyl (C=O) groups excluding carboxylic acids is 2. The molecule has 4 heterocycles. The van der Waals surface area contributed by atoms with Gasteiger partial charge in [-0.05, 0) is 36.4 Å². The van der Waals surface area contributed by atoms with E-state index < -0.39 is 0 Å². The first-order valence-corrected chi connectivity index (χ1v) is 12.6. The molecule has 2 fully saturated rings. The molecule has 2 aliphatic heterocycles. The number of nitrogens with one attached hydrogen (secondary N) is 1. The average molecular weight is 509 g/mol. The van der Waals surface area contributed by atoms with Crippen molar-refractivity contribution in [2.75, 3.05) is 74.6 Å². The number of aromatic nitrogens is 3. The third kappa shape index (κ3) is 5.18. The number of ether oxygens (including phenoxy) is 1. The summed E-state index contributed by atoms with van der Waals surface area (Å²) in [5, 5.41) is 7.28. The van der Waals surface area contributed by atoms with E-state index in [4.69, 9.17) is 4.74 Å². The summed E-state index contributed by atoms with van der Waals surface area (Å²) in [6.07, 6.45) is 1.77.